The SMILES string of the molecule is Cc1cc(=O)c(C(=O)O)c(C(C)C)[nH]1. The molecule has 0 aromatic carbocycles. The van der Waals surface area contributed by atoms with Gasteiger partial charge in [0.1, 0.15) is 5.56 Å². The van der Waals surface area contributed by atoms with E-state index in [4.69, 9.17) is 5.11 Å². The number of aromatic amines is 1. The van der Waals surface area contributed by atoms with Gasteiger partial charge >= 0.3 is 5.97 Å². The zero-order valence-electron chi connectivity index (χ0n) is 8.42. The van der Waals surface area contributed by atoms with Crippen LogP contribution in [-0.2, 0) is 0 Å². The number of carboxylic acids is 1. The molecule has 0 saturated carbocycles. The number of rotatable bonds is 2. The normalized spacial score (nSPS) is 10.6. The molecule has 14 heavy (non-hydrogen) atoms. The third-order valence-corrected chi connectivity index (χ3v) is 1.99. The molecule has 2 N–H and O–H groups in total. The van der Waals surface area contributed by atoms with E-state index in [9.17, 15) is 9.59 Å². The van der Waals surface area contributed by atoms with E-state index in [0.717, 1.165) is 0 Å². The van der Waals surface area contributed by atoms with Crippen molar-refractivity contribution in [3.05, 3.63) is 33.2 Å². The molecule has 1 aromatic heterocycles. The number of aromatic carboxylic acids is 1. The summed E-state index contributed by atoms with van der Waals surface area (Å²) in [6, 6.07) is 1.30. The molecule has 0 atom stereocenters. The van der Waals surface area contributed by atoms with E-state index in [2.05, 4.69) is 4.98 Å². The lowest BCUT2D eigenvalue weighted by atomic mass is 10.0. The van der Waals surface area contributed by atoms with Gasteiger partial charge in [0, 0.05) is 17.5 Å². The van der Waals surface area contributed by atoms with Crippen molar-refractivity contribution in [1.29, 1.82) is 0 Å². The molecule has 0 amide bonds. The molecule has 0 aliphatic carbocycles. The summed E-state index contributed by atoms with van der Waals surface area (Å²) in [5, 5.41) is 8.87. The van der Waals surface area contributed by atoms with Crippen LogP contribution in [0.25, 0.3) is 0 Å². The zero-order valence-corrected chi connectivity index (χ0v) is 8.42. The summed E-state index contributed by atoms with van der Waals surface area (Å²) in [6.45, 7) is 5.42. The average molecular weight is 195 g/mol. The number of H-pyrrole nitrogens is 1. The molecular weight excluding hydrogens is 182 g/mol. The number of pyridine rings is 1. The summed E-state index contributed by atoms with van der Waals surface area (Å²) in [6.07, 6.45) is 0. The average Bonchev–Trinajstić information content (AvgIpc) is 2.01. The van der Waals surface area contributed by atoms with Gasteiger partial charge in [-0.1, -0.05) is 13.8 Å². The van der Waals surface area contributed by atoms with Crippen molar-refractivity contribution in [2.45, 2.75) is 26.7 Å². The first-order chi connectivity index (χ1) is 6.43. The maximum atomic E-state index is 11.4. The van der Waals surface area contributed by atoms with Crippen LogP contribution >= 0.6 is 0 Å². The van der Waals surface area contributed by atoms with E-state index in [1.165, 1.54) is 6.07 Å². The summed E-state index contributed by atoms with van der Waals surface area (Å²) < 4.78 is 0. The molecular formula is C10H13NO3. The topological polar surface area (TPSA) is 70.2 Å². The van der Waals surface area contributed by atoms with Crippen molar-refractivity contribution in [3.8, 4) is 0 Å². The highest BCUT2D eigenvalue weighted by Gasteiger charge is 2.17. The van der Waals surface area contributed by atoms with Crippen LogP contribution in [0.3, 0.4) is 0 Å². The van der Waals surface area contributed by atoms with Gasteiger partial charge in [-0.3, -0.25) is 4.79 Å². The van der Waals surface area contributed by atoms with Crippen molar-refractivity contribution < 1.29 is 9.90 Å². The first kappa shape index (κ1) is 10.5. The highest BCUT2D eigenvalue weighted by Crippen LogP contribution is 2.14. The maximum absolute atomic E-state index is 11.4. The number of hydrogen-bond acceptors (Lipinski definition) is 2. The molecule has 0 unspecified atom stereocenters. The van der Waals surface area contributed by atoms with Gasteiger partial charge in [0.2, 0.25) is 0 Å². The van der Waals surface area contributed by atoms with Crippen LogP contribution in [0.4, 0.5) is 0 Å². The fourth-order valence-electron chi connectivity index (χ4n) is 1.37. The van der Waals surface area contributed by atoms with E-state index in [0.29, 0.717) is 11.4 Å². The third-order valence-electron chi connectivity index (χ3n) is 1.99. The van der Waals surface area contributed by atoms with Crippen molar-refractivity contribution in [1.82, 2.24) is 4.98 Å². The molecule has 0 saturated heterocycles. The number of aryl methyl sites for hydroxylation is 1. The molecule has 0 aliphatic heterocycles. The van der Waals surface area contributed by atoms with E-state index in [-0.39, 0.29) is 11.5 Å². The van der Waals surface area contributed by atoms with Gasteiger partial charge in [-0.05, 0) is 12.8 Å². The Morgan fingerprint density at radius 1 is 1.50 bits per heavy atom. The minimum absolute atomic E-state index is 0.00583. The van der Waals surface area contributed by atoms with Crippen LogP contribution < -0.4 is 5.43 Å². The molecule has 1 rings (SSSR count). The predicted molar refractivity (Wildman–Crippen MR) is 52.8 cm³/mol. The van der Waals surface area contributed by atoms with E-state index < -0.39 is 11.4 Å². The largest absolute Gasteiger partial charge is 0.477 e. The molecule has 0 bridgehead atoms. The van der Waals surface area contributed by atoms with Crippen LogP contribution in [-0.4, -0.2) is 16.1 Å². The van der Waals surface area contributed by atoms with E-state index >= 15 is 0 Å². The zero-order chi connectivity index (χ0) is 10.9. The predicted octanol–water partition coefficient (Wildman–Crippen LogP) is 1.50. The van der Waals surface area contributed by atoms with E-state index in [1.807, 2.05) is 13.8 Å². The van der Waals surface area contributed by atoms with Crippen molar-refractivity contribution >= 4 is 5.97 Å². The fourth-order valence-corrected chi connectivity index (χ4v) is 1.37. The highest BCUT2D eigenvalue weighted by molar-refractivity contribution is 5.88. The lowest BCUT2D eigenvalue weighted by Crippen LogP contribution is -2.20. The number of carboxylic acid groups (broad SMARTS) is 1. The molecule has 76 valence electrons. The van der Waals surface area contributed by atoms with Crippen LogP contribution in [0.1, 0.15) is 41.5 Å². The molecule has 1 heterocycles. The number of hydrogen-bond donors (Lipinski definition) is 2. The van der Waals surface area contributed by atoms with Gasteiger partial charge in [-0.15, -0.1) is 0 Å². The minimum atomic E-state index is -1.17. The van der Waals surface area contributed by atoms with Gasteiger partial charge in [-0.25, -0.2) is 4.79 Å². The monoisotopic (exact) mass is 195 g/mol. The Kier molecular flexibility index (Phi) is 2.74. The quantitative estimate of drug-likeness (QED) is 0.751. The van der Waals surface area contributed by atoms with Gasteiger partial charge in [0.05, 0.1) is 0 Å². The summed E-state index contributed by atoms with van der Waals surface area (Å²) in [5.74, 6) is -1.18. The summed E-state index contributed by atoms with van der Waals surface area (Å²) in [4.78, 5) is 25.2. The lowest BCUT2D eigenvalue weighted by Gasteiger charge is -2.09. The van der Waals surface area contributed by atoms with Crippen LogP contribution in [0.2, 0.25) is 0 Å². The molecule has 1 aromatic rings. The van der Waals surface area contributed by atoms with Crippen molar-refractivity contribution in [2.24, 2.45) is 0 Å². The van der Waals surface area contributed by atoms with Crippen molar-refractivity contribution in [2.75, 3.05) is 0 Å². The van der Waals surface area contributed by atoms with Gasteiger partial charge in [0.25, 0.3) is 0 Å². The minimum Gasteiger partial charge on any atom is -0.477 e. The summed E-state index contributed by atoms with van der Waals surface area (Å²) in [5.41, 5.74) is 0.592. The fraction of sp³-hybridized carbons (Fsp3) is 0.400. The molecule has 0 aliphatic rings. The van der Waals surface area contributed by atoms with Crippen LogP contribution in [0.5, 0.6) is 0 Å². The second kappa shape index (κ2) is 3.65. The molecule has 4 nitrogen and oxygen atoms in total. The second-order valence-corrected chi connectivity index (χ2v) is 3.57. The van der Waals surface area contributed by atoms with Gasteiger partial charge < -0.3 is 10.1 Å². The first-order valence-corrected chi connectivity index (χ1v) is 4.40. The van der Waals surface area contributed by atoms with Crippen LogP contribution in [0.15, 0.2) is 10.9 Å². The summed E-state index contributed by atoms with van der Waals surface area (Å²) >= 11 is 0. The Hall–Kier alpha value is -1.58. The first-order valence-electron chi connectivity index (χ1n) is 4.40. The summed E-state index contributed by atoms with van der Waals surface area (Å²) in [7, 11) is 0. The smallest absolute Gasteiger partial charge is 0.341 e. The third kappa shape index (κ3) is 1.84. The number of nitrogens with one attached hydrogen (secondary N) is 1. The Labute approximate surface area is 81.6 Å². The van der Waals surface area contributed by atoms with Gasteiger partial charge in [-0.2, -0.15) is 0 Å². The lowest BCUT2D eigenvalue weighted by molar-refractivity contribution is 0.0693. The molecule has 4 heteroatoms. The molecule has 0 radical (unpaired) electrons. The molecule has 0 spiro atoms. The molecule has 0 fully saturated rings. The number of carbonyl (C=O) groups is 1. The Balaban J connectivity index is 3.53. The highest BCUT2D eigenvalue weighted by atomic mass is 16.4. The Morgan fingerprint density at radius 2 is 2.07 bits per heavy atom. The van der Waals surface area contributed by atoms with Crippen molar-refractivity contribution in [3.63, 3.8) is 0 Å². The standard InChI is InChI=1S/C10H13NO3/c1-5(2)9-8(10(13)14)7(12)4-6(3)11-9/h4-5H,1-3H3,(H,11,12)(H,13,14). The van der Waals surface area contributed by atoms with E-state index in [1.54, 1.807) is 6.92 Å². The van der Waals surface area contributed by atoms with Gasteiger partial charge in [0.15, 0.2) is 5.43 Å². The Morgan fingerprint density at radius 3 is 2.50 bits per heavy atom. The van der Waals surface area contributed by atoms with Crippen LogP contribution in [0, 0.1) is 6.92 Å². The second-order valence-electron chi connectivity index (χ2n) is 3.57. The Bertz CT molecular complexity index is 418. The number of aromatic nitrogens is 1. The maximum Gasteiger partial charge on any atom is 0.341 e.